The number of rotatable bonds is 0. The lowest BCUT2D eigenvalue weighted by Crippen LogP contribution is -1.80. The molecule has 0 fully saturated rings. The van der Waals surface area contributed by atoms with E-state index in [0.717, 1.165) is 4.47 Å². The maximum absolute atomic E-state index is 12.7. The number of halogens is 3. The van der Waals surface area contributed by atoms with Gasteiger partial charge < -0.3 is 0 Å². The molecule has 0 aromatic heterocycles. The van der Waals surface area contributed by atoms with Crippen molar-refractivity contribution in [1.29, 1.82) is 0 Å². The topological polar surface area (TPSA) is 0 Å². The summed E-state index contributed by atoms with van der Waals surface area (Å²) in [6, 6.07) is 4.44. The summed E-state index contributed by atoms with van der Waals surface area (Å²) < 4.78 is 13.5. The van der Waals surface area contributed by atoms with Crippen molar-refractivity contribution in [2.45, 2.75) is 0 Å². The first-order valence-electron chi connectivity index (χ1n) is 3.24. The number of hydrogen-bond donors (Lipinski definition) is 0. The van der Waals surface area contributed by atoms with Crippen LogP contribution >= 0.6 is 31.9 Å². The molecule has 1 aromatic carbocycles. The molecule has 0 bridgehead atoms. The Kier molecular flexibility index (Phi) is 3.77. The Morgan fingerprint density at radius 1 is 1.42 bits per heavy atom. The first kappa shape index (κ1) is 9.76. The molecule has 12 heavy (non-hydrogen) atoms. The fraction of sp³-hybridized carbons (Fsp3) is 0.111. The standard InChI is InChI=1S/C9H5Br2F/c10-5-1-2-7-6-8(12)3-4-9(7)11/h3-4,6H,5H2. The van der Waals surface area contributed by atoms with Crippen molar-refractivity contribution in [1.82, 2.24) is 0 Å². The van der Waals surface area contributed by atoms with Crippen molar-refractivity contribution in [3.8, 4) is 11.8 Å². The fourth-order valence-corrected chi connectivity index (χ4v) is 1.21. The van der Waals surface area contributed by atoms with E-state index in [1.54, 1.807) is 6.07 Å². The summed E-state index contributed by atoms with van der Waals surface area (Å²) in [5.74, 6) is 5.36. The third-order valence-corrected chi connectivity index (χ3v) is 2.19. The van der Waals surface area contributed by atoms with Gasteiger partial charge in [-0.3, -0.25) is 0 Å². The highest BCUT2D eigenvalue weighted by Gasteiger charge is 1.96. The molecule has 1 aromatic rings. The zero-order valence-electron chi connectivity index (χ0n) is 6.07. The molecule has 1 rings (SSSR count). The molecule has 0 heterocycles. The molecular formula is C9H5Br2F. The van der Waals surface area contributed by atoms with E-state index in [4.69, 9.17) is 0 Å². The predicted molar refractivity (Wildman–Crippen MR) is 54.8 cm³/mol. The summed E-state index contributed by atoms with van der Waals surface area (Å²) >= 11 is 6.44. The largest absolute Gasteiger partial charge is 0.207 e. The highest BCUT2D eigenvalue weighted by atomic mass is 79.9. The molecule has 0 aliphatic heterocycles. The second-order valence-corrected chi connectivity index (χ2v) is 3.47. The highest BCUT2D eigenvalue weighted by Crippen LogP contribution is 2.16. The van der Waals surface area contributed by atoms with Crippen LogP contribution in [0.15, 0.2) is 22.7 Å². The molecule has 3 heteroatoms. The van der Waals surface area contributed by atoms with Gasteiger partial charge in [0.05, 0.1) is 5.33 Å². The van der Waals surface area contributed by atoms with Crippen molar-refractivity contribution in [3.05, 3.63) is 34.1 Å². The molecule has 0 N–H and O–H groups in total. The molecule has 0 unspecified atom stereocenters. The monoisotopic (exact) mass is 290 g/mol. The van der Waals surface area contributed by atoms with Gasteiger partial charge in [0.15, 0.2) is 0 Å². The van der Waals surface area contributed by atoms with Gasteiger partial charge in [0, 0.05) is 10.0 Å². The van der Waals surface area contributed by atoms with Crippen LogP contribution in [0.3, 0.4) is 0 Å². The molecule has 0 saturated carbocycles. The number of benzene rings is 1. The van der Waals surface area contributed by atoms with Gasteiger partial charge in [-0.2, -0.15) is 0 Å². The van der Waals surface area contributed by atoms with Crippen LogP contribution in [0.2, 0.25) is 0 Å². The SMILES string of the molecule is Fc1ccc(Br)c(C#CCBr)c1. The Bertz CT molecular complexity index is 336. The molecule has 62 valence electrons. The zero-order valence-corrected chi connectivity index (χ0v) is 9.25. The second-order valence-electron chi connectivity index (χ2n) is 2.06. The summed E-state index contributed by atoms with van der Waals surface area (Å²) in [4.78, 5) is 0. The van der Waals surface area contributed by atoms with Crippen LogP contribution in [0.25, 0.3) is 0 Å². The quantitative estimate of drug-likeness (QED) is 0.508. The summed E-state index contributed by atoms with van der Waals surface area (Å²) in [6.07, 6.45) is 0. The Morgan fingerprint density at radius 3 is 2.83 bits per heavy atom. The van der Waals surface area contributed by atoms with Gasteiger partial charge >= 0.3 is 0 Å². The average Bonchev–Trinajstić information content (AvgIpc) is 2.07. The molecule has 0 amide bonds. The summed E-state index contributed by atoms with van der Waals surface area (Å²) in [6.45, 7) is 0. The normalized spacial score (nSPS) is 8.92. The molecule has 0 saturated heterocycles. The third-order valence-electron chi connectivity index (χ3n) is 1.22. The van der Waals surface area contributed by atoms with Gasteiger partial charge in [0.1, 0.15) is 5.82 Å². The van der Waals surface area contributed by atoms with E-state index in [2.05, 4.69) is 43.7 Å². The molecule has 0 atom stereocenters. The van der Waals surface area contributed by atoms with Gasteiger partial charge in [-0.25, -0.2) is 4.39 Å². The summed E-state index contributed by atoms with van der Waals surface area (Å²) in [7, 11) is 0. The van der Waals surface area contributed by atoms with Crippen LogP contribution in [-0.4, -0.2) is 5.33 Å². The van der Waals surface area contributed by atoms with Gasteiger partial charge in [-0.05, 0) is 34.1 Å². The van der Waals surface area contributed by atoms with Gasteiger partial charge in [0.2, 0.25) is 0 Å². The van der Waals surface area contributed by atoms with Crippen LogP contribution in [0.4, 0.5) is 4.39 Å². The maximum atomic E-state index is 12.7. The minimum absolute atomic E-state index is 0.267. The van der Waals surface area contributed by atoms with E-state index in [1.807, 2.05) is 0 Å². The lowest BCUT2D eigenvalue weighted by Gasteiger charge is -1.94. The van der Waals surface area contributed by atoms with Crippen LogP contribution in [-0.2, 0) is 0 Å². The van der Waals surface area contributed by atoms with Gasteiger partial charge in [-0.15, -0.1) is 0 Å². The highest BCUT2D eigenvalue weighted by molar-refractivity contribution is 9.10. The van der Waals surface area contributed by atoms with E-state index >= 15 is 0 Å². The Labute approximate surface area is 87.4 Å². The first-order valence-corrected chi connectivity index (χ1v) is 5.15. The molecule has 0 nitrogen and oxygen atoms in total. The second kappa shape index (κ2) is 4.64. The average molecular weight is 292 g/mol. The lowest BCUT2D eigenvalue weighted by atomic mass is 10.2. The van der Waals surface area contributed by atoms with E-state index in [9.17, 15) is 4.39 Å². The van der Waals surface area contributed by atoms with Crippen LogP contribution in [0.5, 0.6) is 0 Å². The lowest BCUT2D eigenvalue weighted by molar-refractivity contribution is 0.627. The maximum Gasteiger partial charge on any atom is 0.124 e. The molecule has 0 aliphatic carbocycles. The van der Waals surface area contributed by atoms with Crippen molar-refractivity contribution < 1.29 is 4.39 Å². The zero-order chi connectivity index (χ0) is 8.97. The van der Waals surface area contributed by atoms with Crippen LogP contribution in [0, 0.1) is 17.7 Å². The van der Waals surface area contributed by atoms with Crippen molar-refractivity contribution in [3.63, 3.8) is 0 Å². The molecular weight excluding hydrogens is 287 g/mol. The fourth-order valence-electron chi connectivity index (χ4n) is 0.722. The number of hydrogen-bond acceptors (Lipinski definition) is 0. The van der Waals surface area contributed by atoms with Crippen molar-refractivity contribution in [2.75, 3.05) is 5.33 Å². The van der Waals surface area contributed by atoms with Gasteiger partial charge in [0.25, 0.3) is 0 Å². The van der Waals surface area contributed by atoms with Crippen molar-refractivity contribution in [2.24, 2.45) is 0 Å². The Morgan fingerprint density at radius 2 is 2.17 bits per heavy atom. The minimum atomic E-state index is -0.267. The first-order chi connectivity index (χ1) is 5.74. The summed E-state index contributed by atoms with van der Waals surface area (Å²) in [5, 5.41) is 0.593. The van der Waals surface area contributed by atoms with Crippen molar-refractivity contribution >= 4 is 31.9 Å². The predicted octanol–water partition coefficient (Wildman–Crippen LogP) is 3.33. The van der Waals surface area contributed by atoms with Gasteiger partial charge in [-0.1, -0.05) is 27.8 Å². The minimum Gasteiger partial charge on any atom is -0.207 e. The van der Waals surface area contributed by atoms with E-state index < -0.39 is 0 Å². The Hall–Kier alpha value is -0.330. The molecule has 0 spiro atoms. The summed E-state index contributed by atoms with van der Waals surface area (Å²) in [5.41, 5.74) is 0.675. The smallest absolute Gasteiger partial charge is 0.124 e. The Balaban J connectivity index is 3.05. The molecule has 0 radical (unpaired) electrons. The van der Waals surface area contributed by atoms with E-state index in [1.165, 1.54) is 12.1 Å². The van der Waals surface area contributed by atoms with Crippen LogP contribution in [0.1, 0.15) is 5.56 Å². The third kappa shape index (κ3) is 2.62. The van der Waals surface area contributed by atoms with E-state index in [0.29, 0.717) is 10.9 Å². The van der Waals surface area contributed by atoms with Crippen LogP contribution < -0.4 is 0 Å². The molecule has 0 aliphatic rings. The number of alkyl halides is 1. The van der Waals surface area contributed by atoms with E-state index in [-0.39, 0.29) is 5.82 Å².